The van der Waals surface area contributed by atoms with Gasteiger partial charge in [-0.1, -0.05) is 30.9 Å². The fraction of sp³-hybridized carbons (Fsp3) is 0.435. The lowest BCUT2D eigenvalue weighted by Gasteiger charge is -2.24. The third kappa shape index (κ3) is 4.90. The molecular formula is C23H23ClN4O6. The molecular weight excluding hydrogens is 464 g/mol. The molecule has 1 fully saturated rings. The highest BCUT2D eigenvalue weighted by Gasteiger charge is 2.45. The van der Waals surface area contributed by atoms with Crippen LogP contribution in [0.4, 0.5) is 0 Å². The molecule has 4 heterocycles. The Labute approximate surface area is 200 Å². The van der Waals surface area contributed by atoms with E-state index in [9.17, 15) is 9.59 Å². The largest absolute Gasteiger partial charge is 0.461 e. The van der Waals surface area contributed by atoms with Gasteiger partial charge >= 0.3 is 11.9 Å². The second-order valence-corrected chi connectivity index (χ2v) is 8.00. The van der Waals surface area contributed by atoms with Crippen molar-refractivity contribution in [1.29, 1.82) is 0 Å². The zero-order valence-corrected chi connectivity index (χ0v) is 19.7. The Morgan fingerprint density at radius 3 is 2.71 bits per heavy atom. The van der Waals surface area contributed by atoms with Crippen molar-refractivity contribution in [3.05, 3.63) is 29.4 Å². The molecule has 11 heteroatoms. The number of carbonyl (C=O) groups is 2. The van der Waals surface area contributed by atoms with Crippen molar-refractivity contribution in [2.75, 3.05) is 6.61 Å². The second kappa shape index (κ2) is 10.2. The average Bonchev–Trinajstić information content (AvgIpc) is 3.50. The molecule has 0 saturated carbocycles. The fourth-order valence-corrected chi connectivity index (χ4v) is 3.86. The van der Waals surface area contributed by atoms with E-state index in [4.69, 9.17) is 30.2 Å². The number of hydrogen-bond acceptors (Lipinski definition) is 9. The summed E-state index contributed by atoms with van der Waals surface area (Å²) in [7, 11) is 0. The first kappa shape index (κ1) is 23.7. The van der Waals surface area contributed by atoms with Gasteiger partial charge < -0.3 is 18.6 Å². The molecule has 178 valence electrons. The summed E-state index contributed by atoms with van der Waals surface area (Å²) in [6, 6.07) is 3.42. The van der Waals surface area contributed by atoms with Gasteiger partial charge in [-0.25, -0.2) is 15.0 Å². The molecule has 0 spiro atoms. The number of furan rings is 1. The number of nitrogens with zero attached hydrogens (tertiary/aromatic N) is 4. The molecule has 1 saturated heterocycles. The predicted molar refractivity (Wildman–Crippen MR) is 121 cm³/mol. The quantitative estimate of drug-likeness (QED) is 0.222. The molecule has 34 heavy (non-hydrogen) atoms. The van der Waals surface area contributed by atoms with Crippen molar-refractivity contribution < 1.29 is 28.2 Å². The van der Waals surface area contributed by atoms with Crippen molar-refractivity contribution in [1.82, 2.24) is 19.5 Å². The van der Waals surface area contributed by atoms with Crippen LogP contribution in [0.3, 0.4) is 0 Å². The highest BCUT2D eigenvalue weighted by Crippen LogP contribution is 2.37. The first-order valence-corrected chi connectivity index (χ1v) is 11.2. The number of halogens is 1. The Kier molecular flexibility index (Phi) is 7.14. The van der Waals surface area contributed by atoms with Crippen LogP contribution >= 0.6 is 11.6 Å². The van der Waals surface area contributed by atoms with Gasteiger partial charge in [0.2, 0.25) is 5.82 Å². The minimum absolute atomic E-state index is 0.00194. The number of ether oxygens (including phenoxy) is 3. The molecule has 3 aromatic heterocycles. The van der Waals surface area contributed by atoms with E-state index in [1.54, 1.807) is 16.7 Å². The third-order valence-corrected chi connectivity index (χ3v) is 5.31. The van der Waals surface area contributed by atoms with E-state index >= 15 is 0 Å². The topological polar surface area (TPSA) is 119 Å². The SMILES string of the molecule is CCCCC#Cc1nc(Cl)c2nc(-c3ccco3)n([C@@H]3OC[C@@H](OC(C)=O)[C@H]3OC(C)=O)c2n1. The van der Waals surface area contributed by atoms with Gasteiger partial charge in [0.1, 0.15) is 5.52 Å². The van der Waals surface area contributed by atoms with Gasteiger partial charge in [-0.15, -0.1) is 0 Å². The Hall–Kier alpha value is -3.42. The second-order valence-electron chi connectivity index (χ2n) is 7.64. The Balaban J connectivity index is 1.87. The Bertz CT molecular complexity index is 1260. The Morgan fingerprint density at radius 2 is 2.03 bits per heavy atom. The van der Waals surface area contributed by atoms with Gasteiger partial charge in [0.05, 0.1) is 12.9 Å². The molecule has 0 bridgehead atoms. The maximum atomic E-state index is 11.9. The lowest BCUT2D eigenvalue weighted by molar-refractivity contribution is -0.164. The molecule has 0 aliphatic carbocycles. The van der Waals surface area contributed by atoms with E-state index in [-0.39, 0.29) is 17.6 Å². The summed E-state index contributed by atoms with van der Waals surface area (Å²) in [5.41, 5.74) is 0.616. The van der Waals surface area contributed by atoms with Gasteiger partial charge in [-0.3, -0.25) is 14.2 Å². The molecule has 0 radical (unpaired) electrons. The minimum atomic E-state index is -0.958. The summed E-state index contributed by atoms with van der Waals surface area (Å²) >= 11 is 6.45. The molecule has 4 rings (SSSR count). The molecule has 0 amide bonds. The lowest BCUT2D eigenvalue weighted by atomic mass is 10.2. The van der Waals surface area contributed by atoms with Crippen molar-refractivity contribution in [2.45, 2.75) is 58.5 Å². The molecule has 10 nitrogen and oxygen atoms in total. The maximum absolute atomic E-state index is 11.9. The van der Waals surface area contributed by atoms with E-state index in [1.165, 1.54) is 20.1 Å². The van der Waals surface area contributed by atoms with Crippen LogP contribution in [0, 0.1) is 11.8 Å². The number of imidazole rings is 1. The van der Waals surface area contributed by atoms with Gasteiger partial charge in [-0.05, 0) is 24.5 Å². The van der Waals surface area contributed by atoms with Crippen LogP contribution in [0.25, 0.3) is 22.7 Å². The van der Waals surface area contributed by atoms with E-state index in [2.05, 4.69) is 33.7 Å². The number of unbranched alkanes of at least 4 members (excludes halogenated alkanes) is 2. The standard InChI is InChI=1S/C23H23ClN4O6/c1-4-5-6-7-10-17-25-20(24)18-22(26-17)28(21(27-18)15-9-8-11-31-15)23-19(34-14(3)30)16(12-32-23)33-13(2)29/h8-9,11,16,19,23H,4-6,12H2,1-3H3/t16-,19-,23-/m1/s1. The smallest absolute Gasteiger partial charge is 0.303 e. The zero-order valence-electron chi connectivity index (χ0n) is 18.9. The maximum Gasteiger partial charge on any atom is 0.303 e. The van der Waals surface area contributed by atoms with Crippen LogP contribution in [0.15, 0.2) is 22.8 Å². The van der Waals surface area contributed by atoms with E-state index in [0.717, 1.165) is 12.8 Å². The average molecular weight is 487 g/mol. The van der Waals surface area contributed by atoms with Crippen molar-refractivity contribution in [2.24, 2.45) is 0 Å². The first-order chi connectivity index (χ1) is 16.4. The molecule has 3 atom stereocenters. The first-order valence-electron chi connectivity index (χ1n) is 10.8. The molecule has 3 aromatic rings. The van der Waals surface area contributed by atoms with Gasteiger partial charge in [0, 0.05) is 20.3 Å². The minimum Gasteiger partial charge on any atom is -0.461 e. The van der Waals surface area contributed by atoms with Crippen LogP contribution in [0.5, 0.6) is 0 Å². The highest BCUT2D eigenvalue weighted by atomic mass is 35.5. The molecule has 1 aliphatic rings. The molecule has 0 aromatic carbocycles. The van der Waals surface area contributed by atoms with E-state index < -0.39 is 30.4 Å². The number of fused-ring (bicyclic) bond motifs is 1. The van der Waals surface area contributed by atoms with Crippen LogP contribution in [-0.2, 0) is 23.8 Å². The third-order valence-electron chi connectivity index (χ3n) is 5.05. The van der Waals surface area contributed by atoms with Crippen LogP contribution < -0.4 is 0 Å². The zero-order chi connectivity index (χ0) is 24.2. The number of rotatable bonds is 6. The number of hydrogen-bond donors (Lipinski definition) is 0. The van der Waals surface area contributed by atoms with E-state index in [1.807, 2.05) is 0 Å². The highest BCUT2D eigenvalue weighted by molar-refractivity contribution is 6.33. The normalized spacial score (nSPS) is 19.6. The summed E-state index contributed by atoms with van der Waals surface area (Å²) in [6.45, 7) is 4.63. The molecule has 0 N–H and O–H groups in total. The molecule has 0 unspecified atom stereocenters. The summed E-state index contributed by atoms with van der Waals surface area (Å²) in [4.78, 5) is 36.9. The van der Waals surface area contributed by atoms with Crippen LogP contribution in [-0.4, -0.2) is 50.3 Å². The predicted octanol–water partition coefficient (Wildman–Crippen LogP) is 3.67. The number of aromatic nitrogens is 4. The number of esters is 2. The summed E-state index contributed by atoms with van der Waals surface area (Å²) in [5.74, 6) is 5.86. The Morgan fingerprint density at radius 1 is 1.24 bits per heavy atom. The molecule has 1 aliphatic heterocycles. The van der Waals surface area contributed by atoms with Gasteiger partial charge in [-0.2, -0.15) is 0 Å². The van der Waals surface area contributed by atoms with Crippen LogP contribution in [0.2, 0.25) is 5.15 Å². The summed E-state index contributed by atoms with van der Waals surface area (Å²) < 4.78 is 24.0. The monoisotopic (exact) mass is 486 g/mol. The van der Waals surface area contributed by atoms with Crippen molar-refractivity contribution in [3.63, 3.8) is 0 Å². The van der Waals surface area contributed by atoms with Crippen molar-refractivity contribution in [3.8, 4) is 23.4 Å². The number of carbonyl (C=O) groups excluding carboxylic acids is 2. The van der Waals surface area contributed by atoms with Gasteiger partial charge in [0.25, 0.3) is 0 Å². The van der Waals surface area contributed by atoms with E-state index in [0.29, 0.717) is 29.2 Å². The summed E-state index contributed by atoms with van der Waals surface area (Å²) in [5, 5.41) is 0.106. The van der Waals surface area contributed by atoms with Gasteiger partial charge in [0.15, 0.2) is 40.8 Å². The van der Waals surface area contributed by atoms with Crippen LogP contribution in [0.1, 0.15) is 52.1 Å². The summed E-state index contributed by atoms with van der Waals surface area (Å²) in [6.07, 6.45) is 1.48. The van der Waals surface area contributed by atoms with Crippen molar-refractivity contribution >= 4 is 34.7 Å². The lowest BCUT2D eigenvalue weighted by Crippen LogP contribution is -2.36. The fourth-order valence-electron chi connectivity index (χ4n) is 3.65.